The number of nitrogens with two attached hydrogens (primary N) is 2. The highest BCUT2D eigenvalue weighted by atomic mass is 32.1. The molecule has 3 saturated heterocycles. The van der Waals surface area contributed by atoms with Gasteiger partial charge in [-0.05, 0) is 12.2 Å². The number of aromatic amines is 1. The minimum atomic E-state index is -5.00. The molecule has 10 atom stereocenters. The minimum Gasteiger partial charge on any atom is -0.386 e. The first-order chi connectivity index (χ1) is 22.4. The normalized spacial score (nSPS) is 36.6. The quantitative estimate of drug-likeness (QED) is 0.101. The van der Waals surface area contributed by atoms with Gasteiger partial charge in [0.05, 0.1) is 32.0 Å². The van der Waals surface area contributed by atoms with Crippen LogP contribution in [0.3, 0.4) is 0 Å². The third-order valence-corrected chi connectivity index (χ3v) is 10.2. The number of aliphatic hydroxyl groups excluding tert-OH is 1. The number of phosphoric ester groups is 2. The lowest BCUT2D eigenvalue weighted by molar-refractivity contribution is -0.0671. The molecule has 0 amide bonds. The second-order valence-electron chi connectivity index (χ2n) is 10.8. The van der Waals surface area contributed by atoms with Gasteiger partial charge in [-0.25, -0.2) is 29.1 Å². The van der Waals surface area contributed by atoms with Gasteiger partial charge >= 0.3 is 15.6 Å². The van der Waals surface area contributed by atoms with Crippen molar-refractivity contribution < 1.29 is 51.6 Å². The van der Waals surface area contributed by atoms with Gasteiger partial charge in [0, 0.05) is 5.92 Å². The molecule has 4 aromatic heterocycles. The Morgan fingerprint density at radius 1 is 0.915 bits per heavy atom. The predicted octanol–water partition coefficient (Wildman–Crippen LogP) is -0.766. The Balaban J connectivity index is 1.23. The molecule has 3 aliphatic heterocycles. The third-order valence-electron chi connectivity index (χ3n) is 7.97. The van der Waals surface area contributed by atoms with Crippen molar-refractivity contribution in [3.8, 4) is 0 Å². The van der Waals surface area contributed by atoms with E-state index in [1.165, 1.54) is 28.1 Å². The molecule has 4 aromatic rings. The van der Waals surface area contributed by atoms with Crippen LogP contribution in [-0.2, 0) is 36.7 Å². The number of rotatable bonds is 4. The molecule has 8 N–H and O–H groups in total. The smallest absolute Gasteiger partial charge is 0.386 e. The number of thiol groups is 1. The molecule has 25 heteroatoms. The van der Waals surface area contributed by atoms with Gasteiger partial charge in [-0.1, -0.05) is 0 Å². The van der Waals surface area contributed by atoms with Crippen LogP contribution in [0.1, 0.15) is 18.9 Å². The number of aromatic nitrogens is 8. The van der Waals surface area contributed by atoms with Gasteiger partial charge < -0.3 is 35.8 Å². The molecule has 2 bridgehead atoms. The standard InChI is InChI=1S/C22H28N10O12P2S/c23-16-11-17(26-5-25-16)31(6-27-11)20-13(33)15-10(42-20)4-40-45(35,36)43-14-8(1-2-47)9(3-39-46(37,38)44-15)41-21(14)32-7-28-12-18(32)29-22(24)30-19(12)34/h5-10,13-15,20-21,33,47H,1-4H2,(H,35,36)(H,37,38)(H2,23,25,26)(H3,24,29,30,34)/t8?,9-,10-,13?,14?,15?,20-,21-/m1/s1. The van der Waals surface area contributed by atoms with Crippen molar-refractivity contribution in [2.75, 3.05) is 30.4 Å². The molecule has 0 aromatic carbocycles. The summed E-state index contributed by atoms with van der Waals surface area (Å²) in [5, 5.41) is 11.2. The van der Waals surface area contributed by atoms with E-state index in [-0.39, 0.29) is 46.3 Å². The summed E-state index contributed by atoms with van der Waals surface area (Å²) in [4.78, 5) is 56.8. The Hall–Kier alpha value is -3.05. The van der Waals surface area contributed by atoms with E-state index in [2.05, 4.69) is 42.5 Å². The molecular formula is C22H28N10O12P2S. The number of hydrogen-bond donors (Lipinski definition) is 7. The van der Waals surface area contributed by atoms with Crippen molar-refractivity contribution in [3.63, 3.8) is 0 Å². The number of phosphoric acid groups is 2. The van der Waals surface area contributed by atoms with E-state index in [1.807, 2.05) is 0 Å². The van der Waals surface area contributed by atoms with Crippen LogP contribution in [0.15, 0.2) is 23.8 Å². The van der Waals surface area contributed by atoms with Gasteiger partial charge in [-0.2, -0.15) is 17.6 Å². The molecule has 7 rings (SSSR count). The number of H-pyrrole nitrogens is 1. The van der Waals surface area contributed by atoms with Crippen LogP contribution in [0, 0.1) is 5.92 Å². The number of ether oxygens (including phenoxy) is 2. The summed E-state index contributed by atoms with van der Waals surface area (Å²) >= 11 is 4.29. The van der Waals surface area contributed by atoms with Crippen LogP contribution in [0.25, 0.3) is 22.3 Å². The summed E-state index contributed by atoms with van der Waals surface area (Å²) in [7, 11) is -9.99. The molecule has 0 spiro atoms. The molecule has 0 radical (unpaired) electrons. The number of nitrogens with zero attached hydrogens (tertiary/aromatic N) is 7. The van der Waals surface area contributed by atoms with E-state index < -0.39 is 83.3 Å². The van der Waals surface area contributed by atoms with Crippen molar-refractivity contribution in [1.29, 1.82) is 0 Å². The number of nitrogens with one attached hydrogen (secondary N) is 1. The highest BCUT2D eigenvalue weighted by molar-refractivity contribution is 7.80. The molecule has 0 saturated carbocycles. The maximum Gasteiger partial charge on any atom is 0.472 e. The van der Waals surface area contributed by atoms with E-state index in [4.69, 9.17) is 39.0 Å². The average molecular weight is 719 g/mol. The van der Waals surface area contributed by atoms with Crippen molar-refractivity contribution in [2.24, 2.45) is 5.92 Å². The summed E-state index contributed by atoms with van der Waals surface area (Å²) in [5.74, 6) is -0.721. The first-order valence-electron chi connectivity index (χ1n) is 13.9. The molecule has 254 valence electrons. The summed E-state index contributed by atoms with van der Waals surface area (Å²) in [6.45, 7) is -1.35. The van der Waals surface area contributed by atoms with Crippen molar-refractivity contribution in [3.05, 3.63) is 29.3 Å². The first-order valence-corrected chi connectivity index (χ1v) is 17.5. The highest BCUT2D eigenvalue weighted by Gasteiger charge is 2.54. The van der Waals surface area contributed by atoms with Gasteiger partial charge in [0.1, 0.15) is 36.3 Å². The Bertz CT molecular complexity index is 1980. The lowest BCUT2D eigenvalue weighted by Gasteiger charge is -2.26. The summed E-state index contributed by atoms with van der Waals surface area (Å²) < 4.78 is 63.1. The average Bonchev–Trinajstić information content (AvgIpc) is 3.76. The highest BCUT2D eigenvalue weighted by Crippen LogP contribution is 2.55. The fraction of sp³-hybridized carbons (Fsp3) is 0.545. The first kappa shape index (κ1) is 32.5. The SMILES string of the molecule is Nc1nc2c(ncn2[C@@H]2O[C@@H]3COP(=O)(O)OC4C(O)[C@H](n5cnc6c(N)ncnc65)O[C@@H]4COP(=O)(O)OC2C3CCS)c(=O)[nH]1. The van der Waals surface area contributed by atoms with Gasteiger partial charge in [0.2, 0.25) is 5.95 Å². The molecule has 22 nitrogen and oxygen atoms in total. The molecule has 3 fully saturated rings. The fourth-order valence-electron chi connectivity index (χ4n) is 5.90. The molecule has 47 heavy (non-hydrogen) atoms. The summed E-state index contributed by atoms with van der Waals surface area (Å²) in [6.07, 6.45) is -5.85. The Morgan fingerprint density at radius 3 is 2.28 bits per heavy atom. The Kier molecular flexibility index (Phi) is 8.38. The number of nitrogen functional groups attached to an aromatic ring is 2. The second kappa shape index (κ2) is 12.1. The maximum atomic E-state index is 13.5. The van der Waals surface area contributed by atoms with E-state index in [1.54, 1.807) is 0 Å². The zero-order chi connectivity index (χ0) is 33.2. The van der Waals surface area contributed by atoms with Crippen LogP contribution in [0.5, 0.6) is 0 Å². The van der Waals surface area contributed by atoms with Crippen LogP contribution in [0.2, 0.25) is 0 Å². The van der Waals surface area contributed by atoms with Crippen LogP contribution in [-0.4, -0.2) is 103 Å². The van der Waals surface area contributed by atoms with Gasteiger partial charge in [-0.3, -0.25) is 37.0 Å². The predicted molar refractivity (Wildman–Crippen MR) is 159 cm³/mol. The zero-order valence-corrected chi connectivity index (χ0v) is 26.5. The van der Waals surface area contributed by atoms with Gasteiger partial charge in [0.25, 0.3) is 5.56 Å². The van der Waals surface area contributed by atoms with Crippen molar-refractivity contribution in [1.82, 2.24) is 39.0 Å². The zero-order valence-electron chi connectivity index (χ0n) is 23.8. The maximum absolute atomic E-state index is 13.5. The third kappa shape index (κ3) is 5.96. The van der Waals surface area contributed by atoms with Crippen LogP contribution < -0.4 is 17.0 Å². The number of hydrogen-bond acceptors (Lipinski definition) is 18. The van der Waals surface area contributed by atoms with E-state index in [0.29, 0.717) is 0 Å². The number of fused-ring (bicyclic) bond motifs is 5. The second-order valence-corrected chi connectivity index (χ2v) is 14.1. The van der Waals surface area contributed by atoms with E-state index in [9.17, 15) is 28.8 Å². The number of anilines is 2. The topological polar surface area (TPSA) is 309 Å². The van der Waals surface area contributed by atoms with Gasteiger partial charge in [0.15, 0.2) is 35.1 Å². The van der Waals surface area contributed by atoms with Crippen LogP contribution in [0.4, 0.5) is 11.8 Å². The van der Waals surface area contributed by atoms with Crippen molar-refractivity contribution >= 4 is 62.4 Å². The molecule has 0 aliphatic carbocycles. The fourth-order valence-corrected chi connectivity index (χ4v) is 8.13. The molecule has 3 aliphatic rings. The lowest BCUT2D eigenvalue weighted by atomic mass is 9.95. The summed E-state index contributed by atoms with van der Waals surface area (Å²) in [5.41, 5.74) is 11.2. The lowest BCUT2D eigenvalue weighted by Crippen LogP contribution is -2.36. The van der Waals surface area contributed by atoms with E-state index >= 15 is 0 Å². The van der Waals surface area contributed by atoms with Gasteiger partial charge in [-0.15, -0.1) is 0 Å². The number of imidazole rings is 2. The monoisotopic (exact) mass is 718 g/mol. The van der Waals surface area contributed by atoms with E-state index in [0.717, 1.165) is 0 Å². The Labute approximate surface area is 268 Å². The molecular weight excluding hydrogens is 690 g/mol. The molecule has 7 heterocycles. The minimum absolute atomic E-state index is 0.0247. The Morgan fingerprint density at radius 2 is 1.55 bits per heavy atom. The van der Waals surface area contributed by atoms with Crippen LogP contribution >= 0.6 is 28.3 Å². The largest absolute Gasteiger partial charge is 0.472 e. The molecule has 6 unspecified atom stereocenters. The summed E-state index contributed by atoms with van der Waals surface area (Å²) in [6, 6.07) is 0. The van der Waals surface area contributed by atoms with Crippen molar-refractivity contribution in [2.45, 2.75) is 49.4 Å². The number of aliphatic hydroxyl groups is 1.